The minimum atomic E-state index is -0.650. The third kappa shape index (κ3) is 1.97. The fraction of sp³-hybridized carbons (Fsp3) is 0.333. The van der Waals surface area contributed by atoms with E-state index in [9.17, 15) is 24.8 Å². The summed E-state index contributed by atoms with van der Waals surface area (Å²) < 4.78 is 0. The second-order valence-corrected chi connectivity index (χ2v) is 5.60. The number of hydrogen-bond donors (Lipinski definition) is 1. The van der Waals surface area contributed by atoms with Crippen molar-refractivity contribution in [1.29, 1.82) is 0 Å². The third-order valence-electron chi connectivity index (χ3n) is 4.28. The van der Waals surface area contributed by atoms with Gasteiger partial charge in [0, 0.05) is 6.07 Å². The minimum absolute atomic E-state index is 0.00204. The first kappa shape index (κ1) is 14.2. The van der Waals surface area contributed by atoms with Crippen LogP contribution in [0.25, 0.3) is 0 Å². The van der Waals surface area contributed by atoms with Gasteiger partial charge in [0.1, 0.15) is 5.75 Å². The number of phenols is 1. The van der Waals surface area contributed by atoms with Crippen LogP contribution < -0.4 is 4.90 Å². The van der Waals surface area contributed by atoms with Gasteiger partial charge in [-0.1, -0.05) is 19.1 Å². The van der Waals surface area contributed by atoms with Gasteiger partial charge in [-0.15, -0.1) is 0 Å². The Morgan fingerprint density at radius 2 is 2.05 bits per heavy atom. The molecule has 0 aromatic heterocycles. The smallest absolute Gasteiger partial charge is 0.273 e. The molecule has 0 saturated carbocycles. The fourth-order valence-corrected chi connectivity index (χ4v) is 3.20. The van der Waals surface area contributed by atoms with Crippen molar-refractivity contribution < 1.29 is 19.6 Å². The SMILES string of the molecule is C[C@@H]1C=CC[C@H]2C(=O)N(c3ccc([N+](=O)[O-])cc3O)C(=O)[C@H]12. The van der Waals surface area contributed by atoms with Crippen molar-refractivity contribution in [2.24, 2.45) is 17.8 Å². The van der Waals surface area contributed by atoms with Gasteiger partial charge in [0.15, 0.2) is 0 Å². The van der Waals surface area contributed by atoms with Gasteiger partial charge >= 0.3 is 0 Å². The van der Waals surface area contributed by atoms with E-state index in [1.165, 1.54) is 12.1 Å². The fourth-order valence-electron chi connectivity index (χ4n) is 3.20. The predicted octanol–water partition coefficient (Wildman–Crippen LogP) is 2.00. The van der Waals surface area contributed by atoms with Crippen molar-refractivity contribution in [3.05, 3.63) is 40.5 Å². The van der Waals surface area contributed by atoms with E-state index >= 15 is 0 Å². The summed E-state index contributed by atoms with van der Waals surface area (Å²) in [5.74, 6) is -2.10. The highest BCUT2D eigenvalue weighted by Crippen LogP contribution is 2.43. The van der Waals surface area contributed by atoms with Gasteiger partial charge in [0.25, 0.3) is 5.69 Å². The molecule has 0 bridgehead atoms. The Morgan fingerprint density at radius 3 is 2.64 bits per heavy atom. The standard InChI is InChI=1S/C15H14N2O5/c1-8-3-2-4-10-13(8)15(20)16(14(10)19)11-6-5-9(17(21)22)7-12(11)18/h2-3,5-8,10,13,18H,4H2,1H3/t8-,10-,13-/m1/s1. The first-order valence-electron chi connectivity index (χ1n) is 6.93. The molecule has 1 aromatic carbocycles. The summed E-state index contributed by atoms with van der Waals surface area (Å²) in [7, 11) is 0. The maximum atomic E-state index is 12.6. The van der Waals surface area contributed by atoms with Gasteiger partial charge in [-0.3, -0.25) is 19.7 Å². The van der Waals surface area contributed by atoms with Crippen LogP contribution in [0.3, 0.4) is 0 Å². The number of amides is 2. The summed E-state index contributed by atoms with van der Waals surface area (Å²) in [5, 5.41) is 20.7. The molecule has 7 heteroatoms. The molecule has 2 amide bonds. The molecule has 1 heterocycles. The highest BCUT2D eigenvalue weighted by molar-refractivity contribution is 6.23. The monoisotopic (exact) mass is 302 g/mol. The molecule has 1 aromatic rings. The lowest BCUT2D eigenvalue weighted by Crippen LogP contribution is -2.31. The van der Waals surface area contributed by atoms with E-state index < -0.39 is 22.5 Å². The first-order chi connectivity index (χ1) is 10.4. The molecule has 114 valence electrons. The number of allylic oxidation sites excluding steroid dienone is 2. The lowest BCUT2D eigenvalue weighted by Gasteiger charge is -2.22. The van der Waals surface area contributed by atoms with E-state index in [1.54, 1.807) is 0 Å². The van der Waals surface area contributed by atoms with Crippen molar-refractivity contribution >= 4 is 23.2 Å². The van der Waals surface area contributed by atoms with Gasteiger partial charge in [-0.2, -0.15) is 0 Å². The van der Waals surface area contributed by atoms with Crippen LogP contribution in [0, 0.1) is 27.9 Å². The van der Waals surface area contributed by atoms with Crippen molar-refractivity contribution in [3.63, 3.8) is 0 Å². The molecular weight excluding hydrogens is 288 g/mol. The van der Waals surface area contributed by atoms with Crippen molar-refractivity contribution in [2.75, 3.05) is 4.90 Å². The van der Waals surface area contributed by atoms with Crippen LogP contribution in [0.5, 0.6) is 5.75 Å². The molecule has 1 fully saturated rings. The van der Waals surface area contributed by atoms with Crippen LogP contribution in [0.4, 0.5) is 11.4 Å². The summed E-state index contributed by atoms with van der Waals surface area (Å²) in [4.78, 5) is 36.1. The maximum absolute atomic E-state index is 12.6. The predicted molar refractivity (Wildman–Crippen MR) is 77.2 cm³/mol. The highest BCUT2D eigenvalue weighted by atomic mass is 16.6. The zero-order chi connectivity index (χ0) is 16.0. The van der Waals surface area contributed by atoms with Gasteiger partial charge in [0.2, 0.25) is 11.8 Å². The molecule has 0 radical (unpaired) electrons. The average molecular weight is 302 g/mol. The number of hydrogen-bond acceptors (Lipinski definition) is 5. The molecule has 1 aliphatic heterocycles. The lowest BCUT2D eigenvalue weighted by atomic mass is 9.78. The topological polar surface area (TPSA) is 101 Å². The molecule has 0 spiro atoms. The highest BCUT2D eigenvalue weighted by Gasteiger charge is 2.51. The van der Waals surface area contributed by atoms with E-state index in [2.05, 4.69) is 0 Å². The summed E-state index contributed by atoms with van der Waals surface area (Å²) in [6, 6.07) is 3.34. The molecule has 7 nitrogen and oxygen atoms in total. The molecule has 2 aliphatic rings. The normalized spacial score (nSPS) is 27.1. The van der Waals surface area contributed by atoms with Crippen molar-refractivity contribution in [1.82, 2.24) is 0 Å². The summed E-state index contributed by atoms with van der Waals surface area (Å²) in [5.41, 5.74) is -0.296. The number of carbonyl (C=O) groups excluding carboxylic acids is 2. The zero-order valence-corrected chi connectivity index (χ0v) is 11.8. The summed E-state index contributed by atoms with van der Waals surface area (Å²) >= 11 is 0. The molecule has 1 N–H and O–H groups in total. The number of rotatable bonds is 2. The van der Waals surface area contributed by atoms with Crippen LogP contribution in [0.1, 0.15) is 13.3 Å². The molecule has 3 rings (SSSR count). The largest absolute Gasteiger partial charge is 0.505 e. The Kier molecular flexibility index (Phi) is 3.20. The van der Waals surface area contributed by atoms with Gasteiger partial charge < -0.3 is 5.11 Å². The summed E-state index contributed by atoms with van der Waals surface area (Å²) in [6.45, 7) is 1.87. The minimum Gasteiger partial charge on any atom is -0.505 e. The molecule has 3 atom stereocenters. The average Bonchev–Trinajstić information content (AvgIpc) is 2.72. The van der Waals surface area contributed by atoms with E-state index in [0.29, 0.717) is 6.42 Å². The van der Waals surface area contributed by atoms with Crippen LogP contribution in [-0.4, -0.2) is 21.8 Å². The number of imide groups is 1. The number of non-ortho nitro benzene ring substituents is 1. The van der Waals surface area contributed by atoms with E-state index in [4.69, 9.17) is 0 Å². The Hall–Kier alpha value is -2.70. The quantitative estimate of drug-likeness (QED) is 0.390. The molecule has 0 unspecified atom stereocenters. The zero-order valence-electron chi connectivity index (χ0n) is 11.8. The molecular formula is C15H14N2O5. The molecule has 1 saturated heterocycles. The van der Waals surface area contributed by atoms with Gasteiger partial charge in [0.05, 0.1) is 28.5 Å². The Labute approximate surface area is 126 Å². The number of nitro benzene ring substituents is 1. The van der Waals surface area contributed by atoms with Crippen LogP contribution in [0.15, 0.2) is 30.4 Å². The Bertz CT molecular complexity index is 712. The first-order valence-corrected chi connectivity index (χ1v) is 6.93. The number of fused-ring (bicyclic) bond motifs is 1. The Morgan fingerprint density at radius 1 is 1.32 bits per heavy atom. The van der Waals surface area contributed by atoms with Gasteiger partial charge in [-0.25, -0.2) is 4.90 Å². The van der Waals surface area contributed by atoms with Crippen molar-refractivity contribution in [3.8, 4) is 5.75 Å². The van der Waals surface area contributed by atoms with Crippen LogP contribution in [-0.2, 0) is 9.59 Å². The second kappa shape index (κ2) is 4.94. The summed E-state index contributed by atoms with van der Waals surface area (Å²) in [6.07, 6.45) is 4.28. The van der Waals surface area contributed by atoms with Crippen LogP contribution >= 0.6 is 0 Å². The van der Waals surface area contributed by atoms with Crippen LogP contribution in [0.2, 0.25) is 0 Å². The number of phenolic OH excluding ortho intramolecular Hbond substituents is 1. The number of benzene rings is 1. The number of nitro groups is 1. The lowest BCUT2D eigenvalue weighted by molar-refractivity contribution is -0.384. The van der Waals surface area contributed by atoms with E-state index in [-0.39, 0.29) is 29.1 Å². The number of nitrogens with zero attached hydrogens (tertiary/aromatic N) is 2. The second-order valence-electron chi connectivity index (χ2n) is 5.60. The number of carbonyl (C=O) groups is 2. The molecule has 1 aliphatic carbocycles. The number of anilines is 1. The maximum Gasteiger partial charge on any atom is 0.273 e. The molecule has 22 heavy (non-hydrogen) atoms. The van der Waals surface area contributed by atoms with E-state index in [0.717, 1.165) is 11.0 Å². The Balaban J connectivity index is 2.01. The third-order valence-corrected chi connectivity index (χ3v) is 4.28. The number of aromatic hydroxyl groups is 1. The van der Waals surface area contributed by atoms with Crippen molar-refractivity contribution in [2.45, 2.75) is 13.3 Å². The van der Waals surface area contributed by atoms with E-state index in [1.807, 2.05) is 19.1 Å². The van der Waals surface area contributed by atoms with Gasteiger partial charge in [-0.05, 0) is 18.4 Å².